The van der Waals surface area contributed by atoms with E-state index in [0.29, 0.717) is 5.56 Å². The molecule has 0 atom stereocenters. The van der Waals surface area contributed by atoms with Gasteiger partial charge in [0.25, 0.3) is 0 Å². The van der Waals surface area contributed by atoms with E-state index in [2.05, 4.69) is 16.3 Å². The van der Waals surface area contributed by atoms with Crippen molar-refractivity contribution in [1.82, 2.24) is 0 Å². The number of aliphatic carboxylic acids is 1. The molecule has 19 heavy (non-hydrogen) atoms. The van der Waals surface area contributed by atoms with Gasteiger partial charge in [0, 0.05) is 18.6 Å². The fourth-order valence-corrected chi connectivity index (χ4v) is 2.50. The van der Waals surface area contributed by atoms with Gasteiger partial charge in [-0.1, -0.05) is 0 Å². The molecule has 5 nitrogen and oxygen atoms in total. The fourth-order valence-electron chi connectivity index (χ4n) is 2.50. The van der Waals surface area contributed by atoms with Crippen molar-refractivity contribution in [2.45, 2.75) is 25.8 Å². The second kappa shape index (κ2) is 4.81. The molecule has 0 bridgehead atoms. The molecule has 0 aliphatic carbocycles. The lowest BCUT2D eigenvalue weighted by molar-refractivity contribution is -0.138. The summed E-state index contributed by atoms with van der Waals surface area (Å²) in [6, 6.07) is 7.55. The minimum atomic E-state index is -0.807. The maximum Gasteiger partial charge on any atom is 0.305 e. The number of carbonyl (C=O) groups is 1. The monoisotopic (exact) mass is 259 g/mol. The van der Waals surface area contributed by atoms with E-state index in [1.165, 1.54) is 0 Å². The zero-order chi connectivity index (χ0) is 14.0. The minimum absolute atomic E-state index is 0.0758. The van der Waals surface area contributed by atoms with Crippen molar-refractivity contribution < 1.29 is 9.90 Å². The second-order valence-corrected chi connectivity index (χ2v) is 5.31. The molecule has 2 rings (SSSR count). The van der Waals surface area contributed by atoms with Crippen LogP contribution in [-0.2, 0) is 4.79 Å². The van der Waals surface area contributed by atoms with Crippen LogP contribution in [-0.4, -0.2) is 29.7 Å². The van der Waals surface area contributed by atoms with Gasteiger partial charge >= 0.3 is 5.97 Å². The third-order valence-electron chi connectivity index (χ3n) is 3.38. The lowest BCUT2D eigenvalue weighted by atomic mass is 9.95. The van der Waals surface area contributed by atoms with Crippen molar-refractivity contribution in [1.29, 1.82) is 5.26 Å². The molecule has 0 saturated carbocycles. The van der Waals surface area contributed by atoms with Crippen molar-refractivity contribution in [3.8, 4) is 6.07 Å². The average molecular weight is 259 g/mol. The number of anilines is 2. The second-order valence-electron chi connectivity index (χ2n) is 5.31. The molecule has 100 valence electrons. The molecule has 0 spiro atoms. The number of carboxylic acids is 1. The molecule has 5 heteroatoms. The molecule has 1 aliphatic heterocycles. The van der Waals surface area contributed by atoms with Crippen LogP contribution in [0.1, 0.15) is 25.8 Å². The fraction of sp³-hybridized carbons (Fsp3) is 0.429. The molecule has 0 aromatic heterocycles. The summed E-state index contributed by atoms with van der Waals surface area (Å²) in [4.78, 5) is 13.1. The number of hydrogen-bond acceptors (Lipinski definition) is 4. The summed E-state index contributed by atoms with van der Waals surface area (Å²) in [6.45, 7) is 5.34. The highest BCUT2D eigenvalue weighted by Crippen LogP contribution is 2.35. The van der Waals surface area contributed by atoms with Gasteiger partial charge in [-0.25, -0.2) is 0 Å². The Morgan fingerprint density at radius 3 is 2.95 bits per heavy atom. The van der Waals surface area contributed by atoms with E-state index >= 15 is 0 Å². The highest BCUT2D eigenvalue weighted by Gasteiger charge is 2.32. The van der Waals surface area contributed by atoms with E-state index in [1.54, 1.807) is 12.1 Å². The topological polar surface area (TPSA) is 76.4 Å². The Kier molecular flexibility index (Phi) is 3.34. The van der Waals surface area contributed by atoms with Crippen LogP contribution < -0.4 is 10.2 Å². The van der Waals surface area contributed by atoms with Gasteiger partial charge < -0.3 is 15.3 Å². The maximum absolute atomic E-state index is 11.0. The third-order valence-corrected chi connectivity index (χ3v) is 3.38. The number of nitrogens with zero attached hydrogens (tertiary/aromatic N) is 2. The number of hydrogen-bond donors (Lipinski definition) is 2. The van der Waals surface area contributed by atoms with Gasteiger partial charge in [-0.05, 0) is 32.0 Å². The first-order valence-electron chi connectivity index (χ1n) is 6.21. The first-order chi connectivity index (χ1) is 8.94. The van der Waals surface area contributed by atoms with E-state index in [-0.39, 0.29) is 6.42 Å². The highest BCUT2D eigenvalue weighted by molar-refractivity contribution is 5.76. The number of nitrogens with one attached hydrogen (secondary N) is 1. The molecule has 1 aromatic carbocycles. The number of benzene rings is 1. The lowest BCUT2D eigenvalue weighted by Gasteiger charge is -2.43. The smallest absolute Gasteiger partial charge is 0.305 e. The van der Waals surface area contributed by atoms with Gasteiger partial charge in [0.05, 0.1) is 29.4 Å². The Balaban J connectivity index is 2.37. The van der Waals surface area contributed by atoms with E-state index < -0.39 is 11.5 Å². The van der Waals surface area contributed by atoms with Crippen LogP contribution in [0.25, 0.3) is 0 Å². The standard InChI is InChI=1S/C14H17N3O2/c1-14(2,8-13(18)19)17-6-5-16-11-7-10(9-15)3-4-12(11)17/h3-4,7,16H,5-6,8H2,1-2H3,(H,18,19). The lowest BCUT2D eigenvalue weighted by Crippen LogP contribution is -2.49. The quantitative estimate of drug-likeness (QED) is 0.868. The predicted molar refractivity (Wildman–Crippen MR) is 73.3 cm³/mol. The van der Waals surface area contributed by atoms with E-state index in [1.807, 2.05) is 19.9 Å². The first kappa shape index (κ1) is 13.2. The van der Waals surface area contributed by atoms with Gasteiger partial charge in [0.15, 0.2) is 0 Å². The minimum Gasteiger partial charge on any atom is -0.481 e. The summed E-state index contributed by atoms with van der Waals surface area (Å²) in [7, 11) is 0. The Labute approximate surface area is 112 Å². The van der Waals surface area contributed by atoms with E-state index in [0.717, 1.165) is 24.5 Å². The molecule has 2 N–H and O–H groups in total. The van der Waals surface area contributed by atoms with E-state index in [9.17, 15) is 4.79 Å². The molecule has 0 amide bonds. The van der Waals surface area contributed by atoms with Crippen molar-refractivity contribution in [2.75, 3.05) is 23.3 Å². The van der Waals surface area contributed by atoms with Gasteiger partial charge in [-0.2, -0.15) is 5.26 Å². The molecule has 0 fully saturated rings. The van der Waals surface area contributed by atoms with Crippen molar-refractivity contribution in [3.63, 3.8) is 0 Å². The zero-order valence-electron chi connectivity index (χ0n) is 11.1. The number of fused-ring (bicyclic) bond motifs is 1. The molecule has 1 aliphatic rings. The van der Waals surface area contributed by atoms with Crippen LogP contribution >= 0.6 is 0 Å². The highest BCUT2D eigenvalue weighted by atomic mass is 16.4. The Bertz CT molecular complexity index is 546. The summed E-state index contributed by atoms with van der Waals surface area (Å²) in [6.07, 6.45) is 0.0758. The van der Waals surface area contributed by atoms with Gasteiger partial charge in [0.1, 0.15) is 0 Å². The molecular formula is C14H17N3O2. The summed E-state index contributed by atoms with van der Waals surface area (Å²) in [5.41, 5.74) is 1.99. The summed E-state index contributed by atoms with van der Waals surface area (Å²) >= 11 is 0. The normalized spacial score (nSPS) is 14.3. The van der Waals surface area contributed by atoms with Crippen LogP contribution in [0.5, 0.6) is 0 Å². The first-order valence-corrected chi connectivity index (χ1v) is 6.21. The molecule has 0 saturated heterocycles. The Morgan fingerprint density at radius 2 is 2.32 bits per heavy atom. The van der Waals surface area contributed by atoms with Crippen LogP contribution in [0.15, 0.2) is 18.2 Å². The largest absolute Gasteiger partial charge is 0.481 e. The molecule has 1 heterocycles. The SMILES string of the molecule is CC(C)(CC(=O)O)N1CCNc2cc(C#N)ccc21. The van der Waals surface area contributed by atoms with Crippen molar-refractivity contribution in [2.24, 2.45) is 0 Å². The van der Waals surface area contributed by atoms with Crippen LogP contribution in [0.3, 0.4) is 0 Å². The van der Waals surface area contributed by atoms with Crippen LogP contribution in [0, 0.1) is 11.3 Å². The van der Waals surface area contributed by atoms with Crippen LogP contribution in [0.2, 0.25) is 0 Å². The van der Waals surface area contributed by atoms with Gasteiger partial charge in [-0.3, -0.25) is 4.79 Å². The number of rotatable bonds is 3. The van der Waals surface area contributed by atoms with Gasteiger partial charge in [-0.15, -0.1) is 0 Å². The number of nitriles is 1. The molecule has 1 aromatic rings. The zero-order valence-corrected chi connectivity index (χ0v) is 11.1. The molecule has 0 unspecified atom stereocenters. The summed E-state index contributed by atoms with van der Waals surface area (Å²) < 4.78 is 0. The van der Waals surface area contributed by atoms with E-state index in [4.69, 9.17) is 10.4 Å². The van der Waals surface area contributed by atoms with Crippen molar-refractivity contribution >= 4 is 17.3 Å². The summed E-state index contributed by atoms with van der Waals surface area (Å²) in [5.74, 6) is -0.807. The summed E-state index contributed by atoms with van der Waals surface area (Å²) in [5, 5.41) is 21.2. The van der Waals surface area contributed by atoms with Crippen LogP contribution in [0.4, 0.5) is 11.4 Å². The number of carboxylic acid groups (broad SMARTS) is 1. The Hall–Kier alpha value is -2.22. The van der Waals surface area contributed by atoms with Crippen molar-refractivity contribution in [3.05, 3.63) is 23.8 Å². The maximum atomic E-state index is 11.0. The predicted octanol–water partition coefficient (Wildman–Crippen LogP) is 2.04. The third kappa shape index (κ3) is 2.63. The average Bonchev–Trinajstić information content (AvgIpc) is 2.35. The van der Waals surface area contributed by atoms with Gasteiger partial charge in [0.2, 0.25) is 0 Å². The molecular weight excluding hydrogens is 242 g/mol. The molecule has 0 radical (unpaired) electrons. The Morgan fingerprint density at radius 1 is 1.58 bits per heavy atom.